The highest BCUT2D eigenvalue weighted by atomic mass is 79.9. The molecule has 4 aromatic carbocycles. The number of fused-ring (bicyclic) bond motifs is 3. The van der Waals surface area contributed by atoms with Crippen molar-refractivity contribution in [3.8, 4) is 11.5 Å². The minimum atomic E-state index is -0.296. The van der Waals surface area contributed by atoms with Crippen LogP contribution in [0.1, 0.15) is 47.6 Å². The summed E-state index contributed by atoms with van der Waals surface area (Å²) in [5.74, 6) is 1.78. The van der Waals surface area contributed by atoms with Gasteiger partial charge in [-0.3, -0.25) is 4.99 Å². The Morgan fingerprint density at radius 1 is 1.00 bits per heavy atom. The van der Waals surface area contributed by atoms with Crippen molar-refractivity contribution in [1.29, 1.82) is 0 Å². The van der Waals surface area contributed by atoms with Crippen molar-refractivity contribution >= 4 is 33.5 Å². The number of halogens is 2. The summed E-state index contributed by atoms with van der Waals surface area (Å²) in [4.78, 5) is 4.72. The van der Waals surface area contributed by atoms with E-state index in [4.69, 9.17) is 14.5 Å². The molecule has 0 amide bonds. The molecule has 1 aliphatic carbocycles. The molecule has 0 spiro atoms. The summed E-state index contributed by atoms with van der Waals surface area (Å²) in [6.07, 6.45) is 7.57. The van der Waals surface area contributed by atoms with Crippen LogP contribution in [-0.4, -0.2) is 12.8 Å². The molecule has 1 aliphatic heterocycles. The second-order valence-electron chi connectivity index (χ2n) is 10.1. The number of aliphatic imine (C=N–C) groups is 1. The van der Waals surface area contributed by atoms with Crippen LogP contribution < -0.4 is 14.8 Å². The summed E-state index contributed by atoms with van der Waals surface area (Å²) in [5.41, 5.74) is 6.10. The van der Waals surface area contributed by atoms with Crippen LogP contribution in [0.3, 0.4) is 0 Å². The second-order valence-corrected chi connectivity index (χ2v) is 10.9. The van der Waals surface area contributed by atoms with Gasteiger partial charge in [0, 0.05) is 23.4 Å². The maximum atomic E-state index is 14.1. The molecule has 0 saturated heterocycles. The molecule has 0 unspecified atom stereocenters. The van der Waals surface area contributed by atoms with E-state index in [9.17, 15) is 4.39 Å². The maximum absolute atomic E-state index is 14.1. The fourth-order valence-corrected chi connectivity index (χ4v) is 6.20. The minimum Gasteiger partial charge on any atom is -0.490 e. The van der Waals surface area contributed by atoms with E-state index in [0.717, 1.165) is 22.1 Å². The van der Waals surface area contributed by atoms with Crippen LogP contribution in [0.15, 0.2) is 107 Å². The van der Waals surface area contributed by atoms with Gasteiger partial charge in [-0.1, -0.05) is 60.7 Å². The third-order valence-electron chi connectivity index (χ3n) is 7.55. The van der Waals surface area contributed by atoms with Gasteiger partial charge in [0.05, 0.1) is 22.8 Å². The lowest BCUT2D eigenvalue weighted by atomic mass is 9.77. The van der Waals surface area contributed by atoms with Gasteiger partial charge in [0.15, 0.2) is 11.5 Å². The first-order valence-electron chi connectivity index (χ1n) is 13.6. The summed E-state index contributed by atoms with van der Waals surface area (Å²) in [6.45, 7) is 2.49. The number of para-hydroxylation sites is 1. The van der Waals surface area contributed by atoms with Gasteiger partial charge < -0.3 is 14.8 Å². The molecule has 6 heteroatoms. The van der Waals surface area contributed by atoms with Crippen molar-refractivity contribution in [2.75, 3.05) is 11.9 Å². The predicted molar refractivity (Wildman–Crippen MR) is 163 cm³/mol. The fourth-order valence-electron chi connectivity index (χ4n) is 5.62. The lowest BCUT2D eigenvalue weighted by Crippen LogP contribution is -2.28. The minimum absolute atomic E-state index is 0.101. The number of nitrogens with zero attached hydrogens (tertiary/aromatic N) is 1. The third kappa shape index (κ3) is 5.41. The Labute approximate surface area is 242 Å². The Morgan fingerprint density at radius 3 is 2.62 bits per heavy atom. The molecule has 0 bridgehead atoms. The van der Waals surface area contributed by atoms with Gasteiger partial charge in [0.25, 0.3) is 0 Å². The molecule has 0 aromatic heterocycles. The van der Waals surface area contributed by atoms with Gasteiger partial charge in [0.2, 0.25) is 0 Å². The molecule has 1 N–H and O–H groups in total. The average molecular weight is 598 g/mol. The number of allylic oxidation sites excluding steroid dienone is 2. The summed E-state index contributed by atoms with van der Waals surface area (Å²) in [7, 11) is 0. The summed E-state index contributed by atoms with van der Waals surface area (Å²) >= 11 is 3.60. The lowest BCUT2D eigenvalue weighted by molar-refractivity contribution is 0.264. The molecule has 1 heterocycles. The number of anilines is 1. The highest BCUT2D eigenvalue weighted by molar-refractivity contribution is 9.10. The quantitative estimate of drug-likeness (QED) is 0.163. The van der Waals surface area contributed by atoms with Crippen LogP contribution in [0.25, 0.3) is 0 Å². The lowest BCUT2D eigenvalue weighted by Gasteiger charge is -2.37. The first-order valence-corrected chi connectivity index (χ1v) is 14.4. The molecule has 0 radical (unpaired) electrons. The van der Waals surface area contributed by atoms with E-state index >= 15 is 0 Å². The Hall–Kier alpha value is -3.90. The maximum Gasteiger partial charge on any atom is 0.175 e. The van der Waals surface area contributed by atoms with Gasteiger partial charge in [-0.15, -0.1) is 0 Å². The van der Waals surface area contributed by atoms with E-state index in [1.54, 1.807) is 18.2 Å². The van der Waals surface area contributed by atoms with Gasteiger partial charge in [-0.05, 0) is 88.3 Å². The molecular formula is C34H30BrFN2O2. The fraction of sp³-hybridized carbons (Fsp3) is 0.206. The molecule has 3 atom stereocenters. The van der Waals surface area contributed by atoms with Gasteiger partial charge in [0.1, 0.15) is 12.4 Å². The monoisotopic (exact) mass is 596 g/mol. The van der Waals surface area contributed by atoms with Crippen molar-refractivity contribution in [3.63, 3.8) is 0 Å². The third-order valence-corrected chi connectivity index (χ3v) is 8.14. The zero-order valence-corrected chi connectivity index (χ0v) is 23.8. The van der Waals surface area contributed by atoms with E-state index in [1.807, 2.05) is 25.3 Å². The zero-order chi connectivity index (χ0) is 27.5. The molecule has 0 saturated carbocycles. The Morgan fingerprint density at radius 2 is 1.80 bits per heavy atom. The van der Waals surface area contributed by atoms with E-state index in [0.29, 0.717) is 35.5 Å². The van der Waals surface area contributed by atoms with Gasteiger partial charge in [-0.2, -0.15) is 0 Å². The standard InChI is InChI=1S/C34H30BrFN2O2/c1-2-39-32-19-22(18-29(35)34(32)40-21-24-8-3-5-12-30(24)36)20-37-25-16-14-23(15-17-25)33-28-11-7-10-26(28)27-9-4-6-13-31(27)38-33/h3-10,12-20,26,28,33,38H,2,11,21H2,1H3/t26-,28+,33+/m1/s1. The van der Waals surface area contributed by atoms with Gasteiger partial charge >= 0.3 is 0 Å². The highest BCUT2D eigenvalue weighted by Crippen LogP contribution is 2.49. The number of ether oxygens (including phenoxy) is 2. The summed E-state index contributed by atoms with van der Waals surface area (Å²) in [5, 5.41) is 3.79. The van der Waals surface area contributed by atoms with Crippen LogP contribution in [-0.2, 0) is 6.61 Å². The first kappa shape index (κ1) is 26.3. The van der Waals surface area contributed by atoms with Crippen molar-refractivity contribution in [2.45, 2.75) is 31.9 Å². The SMILES string of the molecule is CCOc1cc(C=Nc2ccc([C@@H]3Nc4ccccc4[C@H]4C=CC[C@@H]43)cc2)cc(Br)c1OCc1ccccc1F. The first-order chi connectivity index (χ1) is 19.6. The van der Waals surface area contributed by atoms with Crippen LogP contribution in [0, 0.1) is 11.7 Å². The summed E-state index contributed by atoms with van der Waals surface area (Å²) < 4.78 is 26.6. The van der Waals surface area contributed by atoms with Gasteiger partial charge in [-0.25, -0.2) is 4.39 Å². The van der Waals surface area contributed by atoms with E-state index in [-0.39, 0.29) is 18.5 Å². The molecule has 4 aromatic rings. The topological polar surface area (TPSA) is 42.8 Å². The van der Waals surface area contributed by atoms with Crippen molar-refractivity contribution in [3.05, 3.63) is 130 Å². The summed E-state index contributed by atoms with van der Waals surface area (Å²) in [6, 6.07) is 27.8. The van der Waals surface area contributed by atoms with Crippen LogP contribution in [0.4, 0.5) is 15.8 Å². The highest BCUT2D eigenvalue weighted by Gasteiger charge is 2.37. The normalized spacial score (nSPS) is 19.2. The van der Waals surface area contributed by atoms with Crippen molar-refractivity contribution in [2.24, 2.45) is 10.9 Å². The van der Waals surface area contributed by atoms with E-state index in [2.05, 4.69) is 81.9 Å². The Bertz CT molecular complexity index is 1570. The van der Waals surface area contributed by atoms with Crippen molar-refractivity contribution < 1.29 is 13.9 Å². The molecule has 4 nitrogen and oxygen atoms in total. The van der Waals surface area contributed by atoms with Crippen LogP contribution in [0.2, 0.25) is 0 Å². The predicted octanol–water partition coefficient (Wildman–Crippen LogP) is 9.14. The number of hydrogen-bond donors (Lipinski definition) is 1. The van der Waals surface area contributed by atoms with Crippen molar-refractivity contribution in [1.82, 2.24) is 0 Å². The van der Waals surface area contributed by atoms with E-state index < -0.39 is 0 Å². The Kier molecular flexibility index (Phi) is 7.69. The number of nitrogens with one attached hydrogen (secondary N) is 1. The largest absolute Gasteiger partial charge is 0.490 e. The molecule has 6 rings (SSSR count). The number of benzene rings is 4. The van der Waals surface area contributed by atoms with E-state index in [1.165, 1.54) is 22.9 Å². The molecule has 2 aliphatic rings. The zero-order valence-electron chi connectivity index (χ0n) is 22.2. The second kappa shape index (κ2) is 11.7. The molecule has 202 valence electrons. The van der Waals surface area contributed by atoms with Crippen LogP contribution in [0.5, 0.6) is 11.5 Å². The molecular weight excluding hydrogens is 567 g/mol. The average Bonchev–Trinajstić information content (AvgIpc) is 3.47. The molecule has 40 heavy (non-hydrogen) atoms. The van der Waals surface area contributed by atoms with Crippen LogP contribution >= 0.6 is 15.9 Å². The Balaban J connectivity index is 1.18. The number of hydrogen-bond acceptors (Lipinski definition) is 4. The number of rotatable bonds is 8. The molecule has 0 fully saturated rings. The smallest absolute Gasteiger partial charge is 0.175 e.